The van der Waals surface area contributed by atoms with Crippen molar-refractivity contribution in [1.29, 1.82) is 0 Å². The highest BCUT2D eigenvalue weighted by Crippen LogP contribution is 2.32. The number of fused-ring (bicyclic) bond motifs is 1. The maximum absolute atomic E-state index is 12.9. The first-order valence-corrected chi connectivity index (χ1v) is 9.88. The standard InChI is InChI=1S/C22H25N5O2/c1-14-24-21(23)17-10-11-18(26-22(17)25-14)19-4-3-13-27(19)20(28)12-7-15-5-8-16(29-2)9-6-15/h5-6,8-11,19H,3-4,7,12-13H2,1-2H3,(H2,23,24,25,26)/t19-/m0/s1. The van der Waals surface area contributed by atoms with Crippen LogP contribution in [0.3, 0.4) is 0 Å². The van der Waals surface area contributed by atoms with Gasteiger partial charge in [0.25, 0.3) is 0 Å². The second kappa shape index (κ2) is 8.03. The Morgan fingerprint density at radius 1 is 1.17 bits per heavy atom. The summed E-state index contributed by atoms with van der Waals surface area (Å²) in [7, 11) is 1.65. The molecule has 0 spiro atoms. The number of methoxy groups -OCH3 is 1. The molecule has 7 heteroatoms. The third-order valence-corrected chi connectivity index (χ3v) is 5.42. The van der Waals surface area contributed by atoms with Gasteiger partial charge in [0.05, 0.1) is 24.2 Å². The summed E-state index contributed by atoms with van der Waals surface area (Å²) < 4.78 is 5.19. The van der Waals surface area contributed by atoms with E-state index in [-0.39, 0.29) is 11.9 Å². The monoisotopic (exact) mass is 391 g/mol. The molecule has 1 aliphatic rings. The number of carbonyl (C=O) groups excluding carboxylic acids is 1. The molecule has 1 aliphatic heterocycles. The van der Waals surface area contributed by atoms with Crippen LogP contribution in [-0.2, 0) is 11.2 Å². The lowest BCUT2D eigenvalue weighted by molar-refractivity contribution is -0.132. The molecule has 2 aromatic heterocycles. The highest BCUT2D eigenvalue weighted by atomic mass is 16.5. The fourth-order valence-electron chi connectivity index (χ4n) is 3.91. The number of nitrogen functional groups attached to an aromatic ring is 1. The number of hydrogen-bond acceptors (Lipinski definition) is 6. The second-order valence-electron chi connectivity index (χ2n) is 7.36. The number of ether oxygens (including phenoxy) is 1. The van der Waals surface area contributed by atoms with E-state index in [2.05, 4.69) is 9.97 Å². The number of rotatable bonds is 5. The highest BCUT2D eigenvalue weighted by molar-refractivity contribution is 5.85. The molecule has 7 nitrogen and oxygen atoms in total. The van der Waals surface area contributed by atoms with Crippen LogP contribution in [0.1, 0.15) is 42.4 Å². The van der Waals surface area contributed by atoms with E-state index in [1.807, 2.05) is 41.3 Å². The van der Waals surface area contributed by atoms with Crippen LogP contribution < -0.4 is 10.5 Å². The van der Waals surface area contributed by atoms with Crippen molar-refractivity contribution in [3.8, 4) is 5.75 Å². The summed E-state index contributed by atoms with van der Waals surface area (Å²) >= 11 is 0. The molecule has 1 aromatic carbocycles. The number of pyridine rings is 1. The molecule has 0 unspecified atom stereocenters. The molecule has 1 fully saturated rings. The third-order valence-electron chi connectivity index (χ3n) is 5.42. The molecule has 1 atom stereocenters. The van der Waals surface area contributed by atoms with E-state index in [1.54, 1.807) is 14.0 Å². The third kappa shape index (κ3) is 3.99. The first-order chi connectivity index (χ1) is 14.0. The van der Waals surface area contributed by atoms with E-state index in [9.17, 15) is 4.79 Å². The van der Waals surface area contributed by atoms with Gasteiger partial charge in [-0.3, -0.25) is 4.79 Å². The topological polar surface area (TPSA) is 94.2 Å². The Hall–Kier alpha value is -3.22. The quantitative estimate of drug-likeness (QED) is 0.718. The summed E-state index contributed by atoms with van der Waals surface area (Å²) in [6.45, 7) is 2.56. The Balaban J connectivity index is 1.49. The minimum Gasteiger partial charge on any atom is -0.497 e. The van der Waals surface area contributed by atoms with E-state index in [4.69, 9.17) is 15.5 Å². The van der Waals surface area contributed by atoms with Crippen LogP contribution in [0.15, 0.2) is 36.4 Å². The summed E-state index contributed by atoms with van der Waals surface area (Å²) in [4.78, 5) is 28.2. The van der Waals surface area contributed by atoms with Crippen molar-refractivity contribution in [1.82, 2.24) is 19.9 Å². The van der Waals surface area contributed by atoms with E-state index in [0.29, 0.717) is 30.1 Å². The van der Waals surface area contributed by atoms with Crippen LogP contribution in [0.2, 0.25) is 0 Å². The maximum atomic E-state index is 12.9. The number of hydrogen-bond donors (Lipinski definition) is 1. The largest absolute Gasteiger partial charge is 0.497 e. The second-order valence-corrected chi connectivity index (χ2v) is 7.36. The van der Waals surface area contributed by atoms with Crippen molar-refractivity contribution in [3.63, 3.8) is 0 Å². The van der Waals surface area contributed by atoms with Gasteiger partial charge in [-0.05, 0) is 56.0 Å². The van der Waals surface area contributed by atoms with Crippen LogP contribution in [0, 0.1) is 6.92 Å². The summed E-state index contributed by atoms with van der Waals surface area (Å²) in [6.07, 6.45) is 3.07. The predicted octanol–water partition coefficient (Wildman–Crippen LogP) is 3.22. The summed E-state index contributed by atoms with van der Waals surface area (Å²) in [5.41, 5.74) is 8.57. The number of likely N-dealkylation sites (tertiary alicyclic amines) is 1. The molecule has 1 amide bonds. The van der Waals surface area contributed by atoms with Gasteiger partial charge >= 0.3 is 0 Å². The zero-order chi connectivity index (χ0) is 20.4. The van der Waals surface area contributed by atoms with Crippen molar-refractivity contribution in [3.05, 3.63) is 53.5 Å². The summed E-state index contributed by atoms with van der Waals surface area (Å²) in [5, 5.41) is 0.745. The predicted molar refractivity (Wildman–Crippen MR) is 111 cm³/mol. The lowest BCUT2D eigenvalue weighted by Gasteiger charge is -2.24. The van der Waals surface area contributed by atoms with Crippen molar-refractivity contribution in [2.24, 2.45) is 0 Å². The molecule has 3 heterocycles. The summed E-state index contributed by atoms with van der Waals surface area (Å²) in [6, 6.07) is 11.7. The van der Waals surface area contributed by atoms with Crippen LogP contribution in [0.25, 0.3) is 11.0 Å². The number of aryl methyl sites for hydroxylation is 2. The van der Waals surface area contributed by atoms with Crippen LogP contribution in [-0.4, -0.2) is 39.4 Å². The number of amides is 1. The van der Waals surface area contributed by atoms with Crippen LogP contribution >= 0.6 is 0 Å². The molecule has 2 N–H and O–H groups in total. The van der Waals surface area contributed by atoms with Crippen molar-refractivity contribution in [2.75, 3.05) is 19.4 Å². The number of anilines is 1. The zero-order valence-electron chi connectivity index (χ0n) is 16.8. The van der Waals surface area contributed by atoms with Gasteiger partial charge in [0.2, 0.25) is 5.91 Å². The van der Waals surface area contributed by atoms with Crippen LogP contribution in [0.5, 0.6) is 5.75 Å². The molecule has 0 aliphatic carbocycles. The van der Waals surface area contributed by atoms with Crippen molar-refractivity contribution >= 4 is 22.8 Å². The van der Waals surface area contributed by atoms with E-state index < -0.39 is 0 Å². The Kier molecular flexibility index (Phi) is 5.29. The normalized spacial score (nSPS) is 16.3. The fraction of sp³-hybridized carbons (Fsp3) is 0.364. The molecule has 29 heavy (non-hydrogen) atoms. The number of aromatic nitrogens is 3. The summed E-state index contributed by atoms with van der Waals surface area (Å²) in [5.74, 6) is 2.01. The maximum Gasteiger partial charge on any atom is 0.223 e. The van der Waals surface area contributed by atoms with Gasteiger partial charge in [-0.1, -0.05) is 12.1 Å². The van der Waals surface area contributed by atoms with E-state index >= 15 is 0 Å². The Morgan fingerprint density at radius 2 is 1.97 bits per heavy atom. The van der Waals surface area contributed by atoms with Gasteiger partial charge in [-0.25, -0.2) is 15.0 Å². The molecule has 150 valence electrons. The van der Waals surface area contributed by atoms with E-state index in [1.165, 1.54) is 0 Å². The first-order valence-electron chi connectivity index (χ1n) is 9.88. The average Bonchev–Trinajstić information content (AvgIpc) is 3.22. The molecule has 0 radical (unpaired) electrons. The average molecular weight is 391 g/mol. The molecule has 3 aromatic rings. The molecule has 0 saturated carbocycles. The lowest BCUT2D eigenvalue weighted by atomic mass is 10.1. The molecular formula is C22H25N5O2. The number of benzene rings is 1. The van der Waals surface area contributed by atoms with Gasteiger partial charge in [-0.2, -0.15) is 0 Å². The number of nitrogens with zero attached hydrogens (tertiary/aromatic N) is 4. The van der Waals surface area contributed by atoms with Crippen LogP contribution in [0.4, 0.5) is 5.82 Å². The minimum absolute atomic E-state index is 0.0146. The van der Waals surface area contributed by atoms with Gasteiger partial charge in [0.15, 0.2) is 5.65 Å². The highest BCUT2D eigenvalue weighted by Gasteiger charge is 2.30. The van der Waals surface area contributed by atoms with Gasteiger partial charge in [0.1, 0.15) is 17.4 Å². The number of nitrogens with two attached hydrogens (primary N) is 1. The molecule has 4 rings (SSSR count). The lowest BCUT2D eigenvalue weighted by Crippen LogP contribution is -2.31. The Morgan fingerprint density at radius 3 is 2.72 bits per heavy atom. The van der Waals surface area contributed by atoms with Gasteiger partial charge in [0, 0.05) is 13.0 Å². The van der Waals surface area contributed by atoms with Crippen molar-refractivity contribution < 1.29 is 9.53 Å². The van der Waals surface area contributed by atoms with E-state index in [0.717, 1.165) is 41.8 Å². The van der Waals surface area contributed by atoms with Gasteiger partial charge in [-0.15, -0.1) is 0 Å². The Labute approximate surface area is 169 Å². The molecule has 0 bridgehead atoms. The molecule has 1 saturated heterocycles. The Bertz CT molecular complexity index is 1040. The fourth-order valence-corrected chi connectivity index (χ4v) is 3.91. The molecular weight excluding hydrogens is 366 g/mol. The smallest absolute Gasteiger partial charge is 0.223 e. The number of carbonyl (C=O) groups is 1. The minimum atomic E-state index is -0.0146. The van der Waals surface area contributed by atoms with Gasteiger partial charge < -0.3 is 15.4 Å². The SMILES string of the molecule is COc1ccc(CCC(=O)N2CCC[C@H]2c2ccc3c(N)nc(C)nc3n2)cc1. The van der Waals surface area contributed by atoms with Crippen molar-refractivity contribution in [2.45, 2.75) is 38.6 Å². The first kappa shape index (κ1) is 19.1. The zero-order valence-corrected chi connectivity index (χ0v) is 16.8.